The molecule has 16 heavy (non-hydrogen) atoms. The summed E-state index contributed by atoms with van der Waals surface area (Å²) in [5.41, 5.74) is 0. The molecule has 0 aromatic heterocycles. The lowest BCUT2D eigenvalue weighted by Crippen LogP contribution is -2.39. The molecule has 2 N–H and O–H groups in total. The highest BCUT2D eigenvalue weighted by Crippen LogP contribution is 2.19. The van der Waals surface area contributed by atoms with Crippen LogP contribution < -0.4 is 10.6 Å². The minimum Gasteiger partial charge on any atom is -0.355 e. The summed E-state index contributed by atoms with van der Waals surface area (Å²) in [6.07, 6.45) is 3.13. The van der Waals surface area contributed by atoms with Crippen molar-refractivity contribution in [3.8, 4) is 0 Å². The van der Waals surface area contributed by atoms with Gasteiger partial charge in [0.05, 0.1) is 6.54 Å². The molecule has 0 aliphatic rings. The Hall–Kier alpha value is -0.220. The molecular weight excluding hydrogens is 220 g/mol. The molecule has 96 valence electrons. The highest BCUT2D eigenvalue weighted by molar-refractivity contribution is 7.99. The average Bonchev–Trinajstić information content (AvgIpc) is 2.17. The van der Waals surface area contributed by atoms with Crippen molar-refractivity contribution in [3.63, 3.8) is 0 Å². The smallest absolute Gasteiger partial charge is 0.233 e. The van der Waals surface area contributed by atoms with Crippen molar-refractivity contribution >= 4 is 17.7 Å². The van der Waals surface area contributed by atoms with Gasteiger partial charge in [0, 0.05) is 17.8 Å². The second-order valence-electron chi connectivity index (χ2n) is 5.10. The third-order valence-corrected chi connectivity index (χ3v) is 3.68. The van der Waals surface area contributed by atoms with Gasteiger partial charge in [-0.2, -0.15) is 11.8 Å². The van der Waals surface area contributed by atoms with Gasteiger partial charge >= 0.3 is 0 Å². The zero-order valence-corrected chi connectivity index (χ0v) is 12.0. The third-order valence-electron chi connectivity index (χ3n) is 2.43. The SMILES string of the molecule is CSC(C)(C)CNCC(=O)NCCC(C)C. The number of carbonyl (C=O) groups excluding carboxylic acids is 1. The van der Waals surface area contributed by atoms with E-state index in [0.29, 0.717) is 12.5 Å². The molecule has 0 bridgehead atoms. The first-order valence-electron chi connectivity index (χ1n) is 5.90. The van der Waals surface area contributed by atoms with Gasteiger partial charge in [0.2, 0.25) is 5.91 Å². The fourth-order valence-corrected chi connectivity index (χ4v) is 1.36. The molecule has 0 aromatic carbocycles. The monoisotopic (exact) mass is 246 g/mol. The molecule has 0 rings (SSSR count). The number of rotatable bonds is 8. The van der Waals surface area contributed by atoms with Crippen LogP contribution >= 0.6 is 11.8 Å². The topological polar surface area (TPSA) is 41.1 Å². The van der Waals surface area contributed by atoms with Crippen LogP contribution in [0, 0.1) is 5.92 Å². The lowest BCUT2D eigenvalue weighted by atomic mass is 10.1. The minimum atomic E-state index is 0.0950. The Balaban J connectivity index is 3.51. The van der Waals surface area contributed by atoms with Crippen LogP contribution in [0.2, 0.25) is 0 Å². The van der Waals surface area contributed by atoms with Gasteiger partial charge in [0.15, 0.2) is 0 Å². The molecule has 0 saturated heterocycles. The van der Waals surface area contributed by atoms with Crippen LogP contribution in [0.15, 0.2) is 0 Å². The van der Waals surface area contributed by atoms with E-state index in [1.807, 2.05) is 0 Å². The zero-order valence-electron chi connectivity index (χ0n) is 11.2. The Bertz CT molecular complexity index is 205. The second-order valence-corrected chi connectivity index (χ2v) is 6.61. The predicted molar refractivity (Wildman–Crippen MR) is 72.9 cm³/mol. The van der Waals surface area contributed by atoms with E-state index in [4.69, 9.17) is 0 Å². The number of amides is 1. The normalized spacial score (nSPS) is 11.9. The van der Waals surface area contributed by atoms with Crippen LogP contribution in [0.5, 0.6) is 0 Å². The largest absolute Gasteiger partial charge is 0.355 e. The van der Waals surface area contributed by atoms with Crippen LogP contribution in [0.4, 0.5) is 0 Å². The maximum Gasteiger partial charge on any atom is 0.233 e. The summed E-state index contributed by atoms with van der Waals surface area (Å²) >= 11 is 1.81. The summed E-state index contributed by atoms with van der Waals surface area (Å²) in [6, 6.07) is 0. The van der Waals surface area contributed by atoms with Gasteiger partial charge in [-0.05, 0) is 32.4 Å². The fraction of sp³-hybridized carbons (Fsp3) is 0.917. The van der Waals surface area contributed by atoms with Crippen molar-refractivity contribution in [1.29, 1.82) is 0 Å². The van der Waals surface area contributed by atoms with E-state index < -0.39 is 0 Å². The Morgan fingerprint density at radius 2 is 2.00 bits per heavy atom. The summed E-state index contributed by atoms with van der Waals surface area (Å²) in [4.78, 5) is 11.4. The van der Waals surface area contributed by atoms with E-state index >= 15 is 0 Å². The van der Waals surface area contributed by atoms with Gasteiger partial charge in [0.1, 0.15) is 0 Å². The van der Waals surface area contributed by atoms with Crippen molar-refractivity contribution < 1.29 is 4.79 Å². The van der Waals surface area contributed by atoms with Crippen molar-refractivity contribution in [3.05, 3.63) is 0 Å². The van der Waals surface area contributed by atoms with E-state index in [9.17, 15) is 4.79 Å². The molecule has 0 atom stereocenters. The maximum atomic E-state index is 11.4. The Kier molecular flexibility index (Phi) is 7.85. The van der Waals surface area contributed by atoms with E-state index in [1.165, 1.54) is 0 Å². The Morgan fingerprint density at radius 1 is 1.38 bits per heavy atom. The van der Waals surface area contributed by atoms with Crippen molar-refractivity contribution in [1.82, 2.24) is 10.6 Å². The first-order chi connectivity index (χ1) is 7.37. The summed E-state index contributed by atoms with van der Waals surface area (Å²) in [5, 5.41) is 6.09. The maximum absolute atomic E-state index is 11.4. The van der Waals surface area contributed by atoms with Gasteiger partial charge in [-0.25, -0.2) is 0 Å². The molecule has 3 nitrogen and oxygen atoms in total. The van der Waals surface area contributed by atoms with Crippen LogP contribution in [0.1, 0.15) is 34.1 Å². The van der Waals surface area contributed by atoms with Crippen molar-refractivity contribution in [2.75, 3.05) is 25.9 Å². The molecule has 0 radical (unpaired) electrons. The number of thioether (sulfide) groups is 1. The van der Waals surface area contributed by atoms with Gasteiger partial charge in [-0.3, -0.25) is 4.79 Å². The van der Waals surface area contributed by atoms with Crippen molar-refractivity contribution in [2.24, 2.45) is 5.92 Å². The number of carbonyl (C=O) groups is 1. The highest BCUT2D eigenvalue weighted by atomic mass is 32.2. The molecule has 0 aliphatic carbocycles. The second kappa shape index (κ2) is 7.96. The lowest BCUT2D eigenvalue weighted by Gasteiger charge is -2.22. The molecule has 0 aromatic rings. The van der Waals surface area contributed by atoms with E-state index in [2.05, 4.69) is 44.6 Å². The summed E-state index contributed by atoms with van der Waals surface area (Å²) in [7, 11) is 0. The van der Waals surface area contributed by atoms with Gasteiger partial charge in [0.25, 0.3) is 0 Å². The molecular formula is C12H26N2OS. The van der Waals surface area contributed by atoms with Crippen LogP contribution in [-0.4, -0.2) is 36.5 Å². The molecule has 0 fully saturated rings. The van der Waals surface area contributed by atoms with E-state index in [1.54, 1.807) is 11.8 Å². The molecule has 0 unspecified atom stereocenters. The number of hydrogen-bond donors (Lipinski definition) is 2. The molecule has 0 heterocycles. The van der Waals surface area contributed by atoms with Crippen LogP contribution in [-0.2, 0) is 4.79 Å². The zero-order chi connectivity index (χ0) is 12.6. The standard InChI is InChI=1S/C12H26N2OS/c1-10(2)6-7-14-11(15)8-13-9-12(3,4)16-5/h10,13H,6-9H2,1-5H3,(H,14,15). The Labute approximate surface area is 104 Å². The highest BCUT2D eigenvalue weighted by Gasteiger charge is 2.15. The minimum absolute atomic E-state index is 0.0950. The van der Waals surface area contributed by atoms with Gasteiger partial charge in [-0.15, -0.1) is 0 Å². The molecule has 0 aliphatic heterocycles. The predicted octanol–water partition coefficient (Wildman–Crippen LogP) is 1.88. The number of hydrogen-bond acceptors (Lipinski definition) is 3. The molecule has 4 heteroatoms. The molecule has 1 amide bonds. The third kappa shape index (κ3) is 9.04. The first-order valence-corrected chi connectivity index (χ1v) is 7.12. The first kappa shape index (κ1) is 15.8. The lowest BCUT2D eigenvalue weighted by molar-refractivity contribution is -0.120. The molecule has 0 spiro atoms. The Morgan fingerprint density at radius 3 is 2.50 bits per heavy atom. The summed E-state index contributed by atoms with van der Waals surface area (Å²) < 4.78 is 0.193. The van der Waals surface area contributed by atoms with Crippen molar-refractivity contribution in [2.45, 2.75) is 38.9 Å². The van der Waals surface area contributed by atoms with E-state index in [0.717, 1.165) is 19.5 Å². The van der Waals surface area contributed by atoms with Crippen LogP contribution in [0.25, 0.3) is 0 Å². The van der Waals surface area contributed by atoms with E-state index in [-0.39, 0.29) is 10.7 Å². The summed E-state index contributed by atoms with van der Waals surface area (Å²) in [5.74, 6) is 0.737. The summed E-state index contributed by atoms with van der Waals surface area (Å²) in [6.45, 7) is 10.7. The van der Waals surface area contributed by atoms with Crippen LogP contribution in [0.3, 0.4) is 0 Å². The van der Waals surface area contributed by atoms with Gasteiger partial charge in [-0.1, -0.05) is 13.8 Å². The quantitative estimate of drug-likeness (QED) is 0.687. The molecule has 0 saturated carbocycles. The number of nitrogens with one attached hydrogen (secondary N) is 2. The van der Waals surface area contributed by atoms with Gasteiger partial charge < -0.3 is 10.6 Å². The average molecular weight is 246 g/mol. The fourth-order valence-electron chi connectivity index (χ4n) is 1.11.